The van der Waals surface area contributed by atoms with Crippen molar-refractivity contribution in [3.63, 3.8) is 0 Å². The van der Waals surface area contributed by atoms with Gasteiger partial charge in [-0.15, -0.1) is 0 Å². The number of rotatable bonds is 5. The van der Waals surface area contributed by atoms with E-state index >= 15 is 0 Å². The number of fused-ring (bicyclic) bond motifs is 1. The number of hydrogen-bond acceptors (Lipinski definition) is 5. The number of hydrogen-bond donors (Lipinski definition) is 2. The Hall–Kier alpha value is -4.67. The standard InChI is InChI=1S/C27H17ClN4O3/c1-15-6-11-19(12-21(15)26(33)34)35-27-30-23-13-22(28)24(31-25(23)32-27)17-9-7-16(8-10-17)20-5-3-2-4-18(20)14-29/h2-13H,1H3,(H,33,34)(H,30,31,32). The molecular formula is C27H17ClN4O3. The first-order chi connectivity index (χ1) is 16.9. The van der Waals surface area contributed by atoms with Crippen LogP contribution in [0.1, 0.15) is 21.5 Å². The molecule has 2 N–H and O–H groups in total. The van der Waals surface area contributed by atoms with Crippen molar-refractivity contribution in [2.24, 2.45) is 0 Å². The summed E-state index contributed by atoms with van der Waals surface area (Å²) in [5.74, 6) is -0.690. The predicted octanol–water partition coefficient (Wildman–Crippen LogP) is 6.62. The molecule has 0 saturated heterocycles. The zero-order chi connectivity index (χ0) is 24.5. The van der Waals surface area contributed by atoms with Crippen LogP contribution in [-0.4, -0.2) is 26.0 Å². The van der Waals surface area contributed by atoms with Gasteiger partial charge < -0.3 is 14.8 Å². The number of aromatic carboxylic acids is 1. The molecular weight excluding hydrogens is 464 g/mol. The summed E-state index contributed by atoms with van der Waals surface area (Å²) >= 11 is 6.53. The third-order valence-electron chi connectivity index (χ3n) is 5.58. The SMILES string of the molecule is Cc1ccc(Oc2nc3nc(-c4ccc(-c5ccccc5C#N)cc4)c(Cl)cc3[nH]2)cc1C(=O)O. The van der Waals surface area contributed by atoms with Crippen molar-refractivity contribution in [2.45, 2.75) is 6.92 Å². The van der Waals surface area contributed by atoms with E-state index in [1.165, 1.54) is 6.07 Å². The van der Waals surface area contributed by atoms with Gasteiger partial charge >= 0.3 is 12.0 Å². The van der Waals surface area contributed by atoms with Crippen molar-refractivity contribution in [2.75, 3.05) is 0 Å². The third-order valence-corrected chi connectivity index (χ3v) is 5.86. The van der Waals surface area contributed by atoms with E-state index in [0.717, 1.165) is 16.7 Å². The molecule has 8 heteroatoms. The lowest BCUT2D eigenvalue weighted by Gasteiger charge is -2.07. The average Bonchev–Trinajstić information content (AvgIpc) is 3.25. The zero-order valence-electron chi connectivity index (χ0n) is 18.4. The number of nitrogens with one attached hydrogen (secondary N) is 1. The topological polar surface area (TPSA) is 112 Å². The highest BCUT2D eigenvalue weighted by Gasteiger charge is 2.14. The lowest BCUT2D eigenvalue weighted by molar-refractivity contribution is 0.0695. The monoisotopic (exact) mass is 480 g/mol. The maximum atomic E-state index is 11.4. The fourth-order valence-corrected chi connectivity index (χ4v) is 4.05. The molecule has 7 nitrogen and oxygen atoms in total. The van der Waals surface area contributed by atoms with Crippen molar-refractivity contribution >= 4 is 28.7 Å². The predicted molar refractivity (Wildman–Crippen MR) is 133 cm³/mol. The van der Waals surface area contributed by atoms with E-state index in [-0.39, 0.29) is 11.6 Å². The summed E-state index contributed by atoms with van der Waals surface area (Å²) in [5, 5.41) is 19.1. The van der Waals surface area contributed by atoms with Crippen molar-refractivity contribution in [3.8, 4) is 40.2 Å². The maximum Gasteiger partial charge on any atom is 0.336 e. The van der Waals surface area contributed by atoms with Crippen LogP contribution in [0, 0.1) is 18.3 Å². The van der Waals surface area contributed by atoms with E-state index < -0.39 is 5.97 Å². The van der Waals surface area contributed by atoms with Crippen LogP contribution in [-0.2, 0) is 0 Å². The molecule has 2 aromatic heterocycles. The van der Waals surface area contributed by atoms with Gasteiger partial charge in [-0.3, -0.25) is 0 Å². The van der Waals surface area contributed by atoms with Gasteiger partial charge in [-0.1, -0.05) is 60.1 Å². The molecule has 35 heavy (non-hydrogen) atoms. The fourth-order valence-electron chi connectivity index (χ4n) is 3.79. The van der Waals surface area contributed by atoms with E-state index in [0.29, 0.717) is 38.8 Å². The summed E-state index contributed by atoms with van der Waals surface area (Å²) in [7, 11) is 0. The van der Waals surface area contributed by atoms with Crippen LogP contribution in [0.15, 0.2) is 72.8 Å². The number of ether oxygens (including phenoxy) is 1. The molecule has 0 fully saturated rings. The Balaban J connectivity index is 1.46. The van der Waals surface area contributed by atoms with Gasteiger partial charge in [0, 0.05) is 5.56 Å². The molecule has 0 aliphatic rings. The Labute approximate surface area is 205 Å². The lowest BCUT2D eigenvalue weighted by atomic mass is 9.98. The van der Waals surface area contributed by atoms with E-state index in [9.17, 15) is 15.2 Å². The van der Waals surface area contributed by atoms with Gasteiger partial charge in [0.15, 0.2) is 5.65 Å². The normalized spacial score (nSPS) is 10.8. The number of aryl methyl sites for hydroxylation is 1. The second-order valence-electron chi connectivity index (χ2n) is 7.85. The smallest absolute Gasteiger partial charge is 0.336 e. The molecule has 0 aliphatic carbocycles. The number of carboxylic acids is 1. The van der Waals surface area contributed by atoms with Gasteiger partial charge in [0.1, 0.15) is 5.75 Å². The van der Waals surface area contributed by atoms with Crippen LogP contribution in [0.25, 0.3) is 33.5 Å². The van der Waals surface area contributed by atoms with Crippen molar-refractivity contribution in [3.05, 3.63) is 94.5 Å². The third kappa shape index (κ3) is 4.31. The molecule has 0 amide bonds. The number of H-pyrrole nitrogens is 1. The first-order valence-corrected chi connectivity index (χ1v) is 11.0. The quantitative estimate of drug-likeness (QED) is 0.292. The van der Waals surface area contributed by atoms with Gasteiger partial charge in [0.2, 0.25) is 0 Å². The number of benzene rings is 3. The average molecular weight is 481 g/mol. The number of nitrogens with zero attached hydrogens (tertiary/aromatic N) is 3. The molecule has 170 valence electrons. The number of nitriles is 1. The second kappa shape index (κ2) is 8.93. The first-order valence-electron chi connectivity index (χ1n) is 10.6. The minimum atomic E-state index is -1.03. The molecule has 3 aromatic carbocycles. The Bertz CT molecular complexity index is 1640. The summed E-state index contributed by atoms with van der Waals surface area (Å²) in [4.78, 5) is 23.4. The largest absolute Gasteiger partial charge is 0.478 e. The van der Waals surface area contributed by atoms with Crippen LogP contribution in [0.5, 0.6) is 11.8 Å². The van der Waals surface area contributed by atoms with Gasteiger partial charge in [0.05, 0.1) is 33.4 Å². The Kier molecular flexibility index (Phi) is 5.65. The van der Waals surface area contributed by atoms with Gasteiger partial charge in [-0.2, -0.15) is 10.2 Å². The number of carbonyl (C=O) groups is 1. The van der Waals surface area contributed by atoms with Crippen LogP contribution in [0.4, 0.5) is 0 Å². The molecule has 2 heterocycles. The van der Waals surface area contributed by atoms with Crippen LogP contribution in [0.3, 0.4) is 0 Å². The number of halogens is 1. The lowest BCUT2D eigenvalue weighted by Crippen LogP contribution is -2.00. The highest BCUT2D eigenvalue weighted by molar-refractivity contribution is 6.33. The number of imidazole rings is 1. The van der Waals surface area contributed by atoms with E-state index in [1.54, 1.807) is 31.2 Å². The van der Waals surface area contributed by atoms with Gasteiger partial charge in [-0.05, 0) is 47.9 Å². The Morgan fingerprint density at radius 2 is 1.77 bits per heavy atom. The van der Waals surface area contributed by atoms with Crippen molar-refractivity contribution in [1.82, 2.24) is 15.0 Å². The molecule has 0 spiro atoms. The summed E-state index contributed by atoms with van der Waals surface area (Å²) in [6.07, 6.45) is 0. The van der Waals surface area contributed by atoms with E-state index in [4.69, 9.17) is 16.3 Å². The van der Waals surface area contributed by atoms with Crippen LogP contribution >= 0.6 is 11.6 Å². The molecule has 5 rings (SSSR count). The molecule has 0 atom stereocenters. The summed E-state index contributed by atoms with van der Waals surface area (Å²) in [6, 6.07) is 24.0. The van der Waals surface area contributed by atoms with E-state index in [2.05, 4.69) is 21.0 Å². The number of pyridine rings is 1. The molecule has 5 aromatic rings. The highest BCUT2D eigenvalue weighted by atomic mass is 35.5. The first kappa shape index (κ1) is 22.1. The maximum absolute atomic E-state index is 11.4. The summed E-state index contributed by atoms with van der Waals surface area (Å²) < 4.78 is 5.74. The van der Waals surface area contributed by atoms with Crippen LogP contribution < -0.4 is 4.74 Å². The minimum absolute atomic E-state index is 0.155. The highest BCUT2D eigenvalue weighted by Crippen LogP contribution is 2.32. The molecule has 0 unspecified atom stereocenters. The van der Waals surface area contributed by atoms with Crippen molar-refractivity contribution in [1.29, 1.82) is 5.26 Å². The fraction of sp³-hybridized carbons (Fsp3) is 0.0370. The zero-order valence-corrected chi connectivity index (χ0v) is 19.2. The Morgan fingerprint density at radius 1 is 1.03 bits per heavy atom. The summed E-state index contributed by atoms with van der Waals surface area (Å²) in [5.41, 5.74) is 5.50. The number of carboxylic acid groups (broad SMARTS) is 1. The number of aromatic nitrogens is 3. The Morgan fingerprint density at radius 3 is 2.51 bits per heavy atom. The minimum Gasteiger partial charge on any atom is -0.478 e. The van der Waals surface area contributed by atoms with Gasteiger partial charge in [-0.25, -0.2) is 9.78 Å². The summed E-state index contributed by atoms with van der Waals surface area (Å²) in [6.45, 7) is 1.72. The second-order valence-corrected chi connectivity index (χ2v) is 8.26. The number of aromatic amines is 1. The molecule has 0 radical (unpaired) electrons. The van der Waals surface area contributed by atoms with Crippen molar-refractivity contribution < 1.29 is 14.6 Å². The molecule has 0 saturated carbocycles. The van der Waals surface area contributed by atoms with E-state index in [1.807, 2.05) is 42.5 Å². The van der Waals surface area contributed by atoms with Gasteiger partial charge in [0.25, 0.3) is 0 Å². The van der Waals surface area contributed by atoms with Crippen LogP contribution in [0.2, 0.25) is 5.02 Å². The molecule has 0 aliphatic heterocycles. The molecule has 0 bridgehead atoms.